The third-order valence-electron chi connectivity index (χ3n) is 1.81. The van der Waals surface area contributed by atoms with Crippen molar-refractivity contribution in [3.63, 3.8) is 0 Å². The van der Waals surface area contributed by atoms with Crippen molar-refractivity contribution in [3.05, 3.63) is 35.7 Å². The molecule has 0 unspecified atom stereocenters. The molecule has 3 N–H and O–H groups in total. The number of nitrogens with zero attached hydrogens (tertiary/aromatic N) is 3. The highest BCUT2D eigenvalue weighted by Gasteiger charge is 2.02. The van der Waals surface area contributed by atoms with Crippen LogP contribution in [0.3, 0.4) is 0 Å². The summed E-state index contributed by atoms with van der Waals surface area (Å²) in [7, 11) is 0. The lowest BCUT2D eigenvalue weighted by atomic mass is 10.4. The van der Waals surface area contributed by atoms with Gasteiger partial charge in [0.15, 0.2) is 17.5 Å². The molecule has 0 bridgehead atoms. The number of hydrogen-bond acceptors (Lipinski definition) is 6. The quantitative estimate of drug-likeness (QED) is 0.622. The first-order chi connectivity index (χ1) is 9.86. The van der Waals surface area contributed by atoms with E-state index >= 15 is 0 Å². The molecular weight excluding hydrogens is 282 g/mol. The maximum absolute atomic E-state index is 10.4. The van der Waals surface area contributed by atoms with Crippen LogP contribution in [-0.2, 0) is 14.4 Å². The molecule has 0 aliphatic carbocycles. The average molecular weight is 291 g/mol. The predicted octanol–water partition coefficient (Wildman–Crippen LogP) is 0.165. The lowest BCUT2D eigenvalue weighted by Crippen LogP contribution is -2.01. The van der Waals surface area contributed by atoms with Gasteiger partial charge >= 0.3 is 17.9 Å². The second kappa shape index (κ2) is 7.28. The minimum absolute atomic E-state index is 0.0533. The predicted molar refractivity (Wildman–Crippen MR) is 69.8 cm³/mol. The molecule has 108 valence electrons. The molecular formula is C12H9N3O6. The summed E-state index contributed by atoms with van der Waals surface area (Å²) in [5.41, 5.74) is 0. The summed E-state index contributed by atoms with van der Waals surface area (Å²) in [4.78, 5) is 42.7. The fourth-order valence-electron chi connectivity index (χ4n) is 1.09. The van der Waals surface area contributed by atoms with Gasteiger partial charge in [0.05, 0.1) is 0 Å². The van der Waals surface area contributed by atoms with E-state index in [4.69, 9.17) is 15.3 Å². The van der Waals surface area contributed by atoms with Gasteiger partial charge in [0.2, 0.25) is 0 Å². The smallest absolute Gasteiger partial charge is 0.328 e. The number of hydrogen-bond donors (Lipinski definition) is 3. The summed E-state index contributed by atoms with van der Waals surface area (Å²) in [6, 6.07) is 0. The standard InChI is InChI=1S/C12H9N3O6/c16-10(17)4-1-7-13-8(2-5-11(18)19)15-9(14-7)3-6-12(20)21/h1-6H,(H,16,17)(H,18,19)(H,20,21). The number of rotatable bonds is 6. The van der Waals surface area contributed by atoms with Crippen LogP contribution in [0.1, 0.15) is 17.5 Å². The molecule has 21 heavy (non-hydrogen) atoms. The van der Waals surface area contributed by atoms with E-state index in [0.29, 0.717) is 0 Å². The van der Waals surface area contributed by atoms with Crippen LogP contribution in [0.25, 0.3) is 18.2 Å². The van der Waals surface area contributed by atoms with Gasteiger partial charge in [0, 0.05) is 18.2 Å². The van der Waals surface area contributed by atoms with Crippen molar-refractivity contribution < 1.29 is 29.7 Å². The minimum atomic E-state index is -1.22. The fraction of sp³-hybridized carbons (Fsp3) is 0. The maximum Gasteiger partial charge on any atom is 0.328 e. The summed E-state index contributed by atoms with van der Waals surface area (Å²) in [6.07, 6.45) is 5.56. The van der Waals surface area contributed by atoms with Crippen molar-refractivity contribution in [3.8, 4) is 0 Å². The SMILES string of the molecule is O=C(O)C=Cc1nc(C=CC(=O)O)nc(C=CC(=O)O)n1. The minimum Gasteiger partial charge on any atom is -0.478 e. The lowest BCUT2D eigenvalue weighted by Gasteiger charge is -1.98. The largest absolute Gasteiger partial charge is 0.478 e. The van der Waals surface area contributed by atoms with E-state index in [-0.39, 0.29) is 17.5 Å². The van der Waals surface area contributed by atoms with Crippen molar-refractivity contribution in [2.24, 2.45) is 0 Å². The number of aliphatic carboxylic acids is 3. The molecule has 0 aliphatic rings. The van der Waals surface area contributed by atoms with E-state index < -0.39 is 17.9 Å². The lowest BCUT2D eigenvalue weighted by molar-refractivity contribution is -0.132. The van der Waals surface area contributed by atoms with Crippen molar-refractivity contribution in [1.29, 1.82) is 0 Å². The van der Waals surface area contributed by atoms with Crippen LogP contribution in [-0.4, -0.2) is 48.2 Å². The van der Waals surface area contributed by atoms with Crippen LogP contribution in [0.5, 0.6) is 0 Å². The highest BCUT2D eigenvalue weighted by atomic mass is 16.4. The van der Waals surface area contributed by atoms with Crippen LogP contribution in [0.4, 0.5) is 0 Å². The Bertz CT molecular complexity index is 560. The Balaban J connectivity index is 3.21. The van der Waals surface area contributed by atoms with Crippen molar-refractivity contribution >= 4 is 36.1 Å². The Morgan fingerprint density at radius 3 is 1.05 bits per heavy atom. The molecule has 0 spiro atoms. The Hall–Kier alpha value is -3.36. The molecule has 9 nitrogen and oxygen atoms in total. The number of carboxylic acids is 3. The molecule has 0 saturated carbocycles. The topological polar surface area (TPSA) is 151 Å². The fourth-order valence-corrected chi connectivity index (χ4v) is 1.09. The third kappa shape index (κ3) is 6.38. The highest BCUT2D eigenvalue weighted by molar-refractivity contribution is 5.86. The van der Waals surface area contributed by atoms with Gasteiger partial charge in [-0.1, -0.05) is 0 Å². The van der Waals surface area contributed by atoms with Gasteiger partial charge < -0.3 is 15.3 Å². The normalized spacial score (nSPS) is 11.4. The van der Waals surface area contributed by atoms with Gasteiger partial charge in [-0.25, -0.2) is 29.3 Å². The van der Waals surface area contributed by atoms with Crippen molar-refractivity contribution in [2.75, 3.05) is 0 Å². The number of carbonyl (C=O) groups is 3. The maximum atomic E-state index is 10.4. The molecule has 0 fully saturated rings. The first kappa shape index (κ1) is 15.7. The molecule has 0 radical (unpaired) electrons. The Morgan fingerprint density at radius 1 is 0.619 bits per heavy atom. The van der Waals surface area contributed by atoms with Gasteiger partial charge in [-0.05, 0) is 18.2 Å². The third-order valence-corrected chi connectivity index (χ3v) is 1.81. The van der Waals surface area contributed by atoms with E-state index in [1.165, 1.54) is 0 Å². The van der Waals surface area contributed by atoms with Crippen LogP contribution >= 0.6 is 0 Å². The summed E-state index contributed by atoms with van der Waals surface area (Å²) in [5.74, 6) is -3.82. The van der Waals surface area contributed by atoms with Crippen LogP contribution in [0.2, 0.25) is 0 Å². The summed E-state index contributed by atoms with van der Waals surface area (Å²) in [5, 5.41) is 25.6. The second-order valence-corrected chi connectivity index (χ2v) is 3.42. The zero-order valence-corrected chi connectivity index (χ0v) is 10.4. The van der Waals surface area contributed by atoms with Crippen LogP contribution < -0.4 is 0 Å². The highest BCUT2D eigenvalue weighted by Crippen LogP contribution is 2.03. The molecule has 9 heteroatoms. The van der Waals surface area contributed by atoms with E-state index in [2.05, 4.69) is 15.0 Å². The van der Waals surface area contributed by atoms with E-state index in [0.717, 1.165) is 36.5 Å². The molecule has 0 amide bonds. The zero-order chi connectivity index (χ0) is 15.8. The summed E-state index contributed by atoms with van der Waals surface area (Å²) in [6.45, 7) is 0. The molecule has 0 aliphatic heterocycles. The first-order valence-electron chi connectivity index (χ1n) is 5.36. The Labute approximate surface area is 117 Å². The van der Waals surface area contributed by atoms with Crippen molar-refractivity contribution in [2.45, 2.75) is 0 Å². The monoisotopic (exact) mass is 291 g/mol. The van der Waals surface area contributed by atoms with Gasteiger partial charge in [-0.2, -0.15) is 0 Å². The van der Waals surface area contributed by atoms with E-state index in [1.807, 2.05) is 0 Å². The Kier molecular flexibility index (Phi) is 5.44. The molecule has 1 aromatic rings. The molecule has 0 atom stereocenters. The zero-order valence-electron chi connectivity index (χ0n) is 10.4. The number of aromatic nitrogens is 3. The van der Waals surface area contributed by atoms with Crippen LogP contribution in [0.15, 0.2) is 18.2 Å². The molecule has 1 aromatic heterocycles. The molecule has 1 heterocycles. The number of carboxylic acid groups (broad SMARTS) is 3. The van der Waals surface area contributed by atoms with Crippen LogP contribution in [0, 0.1) is 0 Å². The van der Waals surface area contributed by atoms with Gasteiger partial charge in [0.25, 0.3) is 0 Å². The molecule has 0 aromatic carbocycles. The van der Waals surface area contributed by atoms with Gasteiger partial charge in [0.1, 0.15) is 0 Å². The van der Waals surface area contributed by atoms with Crippen molar-refractivity contribution in [1.82, 2.24) is 15.0 Å². The van der Waals surface area contributed by atoms with Gasteiger partial charge in [-0.3, -0.25) is 0 Å². The molecule has 1 rings (SSSR count). The van der Waals surface area contributed by atoms with E-state index in [9.17, 15) is 14.4 Å². The van der Waals surface area contributed by atoms with E-state index in [1.54, 1.807) is 0 Å². The Morgan fingerprint density at radius 2 is 0.857 bits per heavy atom. The second-order valence-electron chi connectivity index (χ2n) is 3.42. The summed E-state index contributed by atoms with van der Waals surface area (Å²) < 4.78 is 0. The summed E-state index contributed by atoms with van der Waals surface area (Å²) >= 11 is 0. The average Bonchev–Trinajstić information content (AvgIpc) is 2.40. The van der Waals surface area contributed by atoms with Gasteiger partial charge in [-0.15, -0.1) is 0 Å². The first-order valence-corrected chi connectivity index (χ1v) is 5.36. The molecule has 0 saturated heterocycles.